The van der Waals surface area contributed by atoms with Crippen LogP contribution in [0.1, 0.15) is 83.1 Å². The lowest BCUT2D eigenvalue weighted by Crippen LogP contribution is -2.71. The first-order valence-electron chi connectivity index (χ1n) is 15.7. The van der Waals surface area contributed by atoms with Gasteiger partial charge in [-0.15, -0.1) is 0 Å². The van der Waals surface area contributed by atoms with Gasteiger partial charge in [-0.2, -0.15) is 10.5 Å². The standard InChI is InChI=1S/C35H38N6O/c1-23-12-29(25-2-3-25)30(28-8-10-38-32(23)28)17-40-11-9-34(13-24(14-34)16-36)15-31(40)26-4-6-27(7-5-26)33(42)41-20-35(21-41)18-39(19-35)22-37/h4-8,10,12,24-25,31,38H,2-3,9,11,13-15,17-21H2,1H3. The van der Waals surface area contributed by atoms with Crippen LogP contribution in [0, 0.1) is 46.5 Å². The summed E-state index contributed by atoms with van der Waals surface area (Å²) >= 11 is 0. The number of amides is 1. The average molecular weight is 559 g/mol. The van der Waals surface area contributed by atoms with Crippen LogP contribution in [0.25, 0.3) is 10.9 Å². The zero-order chi connectivity index (χ0) is 28.6. The van der Waals surface area contributed by atoms with Crippen LogP contribution in [-0.2, 0) is 6.54 Å². The molecule has 1 atom stereocenters. The SMILES string of the molecule is Cc1cc(C2CC2)c(CN2CCC3(CC(C#N)C3)CC2c2ccc(C(=O)N3CC4(CN(C#N)C4)C3)cc2)c2cc[nH]c12. The molecular formula is C35H38N6O. The number of aromatic nitrogens is 1. The molecule has 7 nitrogen and oxygen atoms in total. The number of rotatable bonds is 5. The van der Waals surface area contributed by atoms with Crippen LogP contribution in [0.15, 0.2) is 42.6 Å². The minimum absolute atomic E-state index is 0.0963. The summed E-state index contributed by atoms with van der Waals surface area (Å²) in [5.74, 6) is 0.981. The van der Waals surface area contributed by atoms with Gasteiger partial charge in [-0.05, 0) is 104 Å². The molecule has 7 heteroatoms. The Morgan fingerprint density at radius 3 is 2.48 bits per heavy atom. The van der Waals surface area contributed by atoms with E-state index < -0.39 is 0 Å². The number of nitrogens with one attached hydrogen (secondary N) is 1. The van der Waals surface area contributed by atoms with Gasteiger partial charge in [0.2, 0.25) is 0 Å². The summed E-state index contributed by atoms with van der Waals surface area (Å²) in [6, 6.07) is 15.9. The average Bonchev–Trinajstić information content (AvgIpc) is 3.67. The van der Waals surface area contributed by atoms with Crippen LogP contribution >= 0.6 is 0 Å². The van der Waals surface area contributed by atoms with Gasteiger partial charge in [-0.25, -0.2) is 0 Å². The molecule has 8 rings (SSSR count). The minimum atomic E-state index is 0.0963. The van der Waals surface area contributed by atoms with E-state index in [1.807, 2.05) is 17.0 Å². The topological polar surface area (TPSA) is 90.2 Å². The molecule has 214 valence electrons. The normalized spacial score (nSPS) is 28.2. The highest BCUT2D eigenvalue weighted by Gasteiger charge is 2.53. The molecule has 1 unspecified atom stereocenters. The highest BCUT2D eigenvalue weighted by molar-refractivity contribution is 5.95. The van der Waals surface area contributed by atoms with Gasteiger partial charge in [0, 0.05) is 72.8 Å². The number of aryl methyl sites for hydroxylation is 1. The molecule has 1 N–H and O–H groups in total. The molecule has 42 heavy (non-hydrogen) atoms. The van der Waals surface area contributed by atoms with E-state index in [9.17, 15) is 10.1 Å². The molecule has 2 aromatic carbocycles. The number of likely N-dealkylation sites (tertiary alicyclic amines) is 3. The number of piperidine rings is 1. The van der Waals surface area contributed by atoms with E-state index in [0.717, 1.165) is 70.5 Å². The second-order valence-corrected chi connectivity index (χ2v) is 14.2. The molecule has 5 aliphatic rings. The molecular weight excluding hydrogens is 520 g/mol. The van der Waals surface area contributed by atoms with Gasteiger partial charge in [0.1, 0.15) is 0 Å². The van der Waals surface area contributed by atoms with Crippen molar-refractivity contribution in [3.8, 4) is 12.3 Å². The van der Waals surface area contributed by atoms with Crippen LogP contribution in [0.2, 0.25) is 0 Å². The molecule has 5 fully saturated rings. The largest absolute Gasteiger partial charge is 0.361 e. The summed E-state index contributed by atoms with van der Waals surface area (Å²) in [6.07, 6.45) is 11.1. The number of carbonyl (C=O) groups is 1. The van der Waals surface area contributed by atoms with E-state index >= 15 is 0 Å². The second kappa shape index (κ2) is 9.35. The number of benzene rings is 2. The number of carbonyl (C=O) groups excluding carboxylic acids is 1. The van der Waals surface area contributed by atoms with Crippen molar-refractivity contribution >= 4 is 16.8 Å². The van der Waals surface area contributed by atoms with E-state index in [1.165, 1.54) is 46.0 Å². The predicted octanol–water partition coefficient (Wildman–Crippen LogP) is 5.85. The van der Waals surface area contributed by atoms with E-state index in [1.54, 1.807) is 4.90 Å². The maximum Gasteiger partial charge on any atom is 0.253 e. The molecule has 3 aromatic rings. The summed E-state index contributed by atoms with van der Waals surface area (Å²) in [5.41, 5.74) is 8.02. The van der Waals surface area contributed by atoms with Gasteiger partial charge in [0.05, 0.1) is 6.07 Å². The smallest absolute Gasteiger partial charge is 0.253 e. The van der Waals surface area contributed by atoms with Gasteiger partial charge in [0.25, 0.3) is 5.91 Å². The fourth-order valence-electron chi connectivity index (χ4n) is 8.75. The molecule has 4 heterocycles. The van der Waals surface area contributed by atoms with Gasteiger partial charge >= 0.3 is 0 Å². The maximum absolute atomic E-state index is 13.3. The molecule has 2 spiro atoms. The maximum atomic E-state index is 13.3. The third kappa shape index (κ3) is 4.13. The number of nitrogens with zero attached hydrogens (tertiary/aromatic N) is 5. The van der Waals surface area contributed by atoms with E-state index in [-0.39, 0.29) is 28.7 Å². The Balaban J connectivity index is 1.05. The monoisotopic (exact) mass is 558 g/mol. The number of hydrogen-bond acceptors (Lipinski definition) is 5. The lowest BCUT2D eigenvalue weighted by Gasteiger charge is -2.58. The Bertz CT molecular complexity index is 1630. The minimum Gasteiger partial charge on any atom is -0.361 e. The van der Waals surface area contributed by atoms with E-state index in [4.69, 9.17) is 5.26 Å². The zero-order valence-electron chi connectivity index (χ0n) is 24.4. The van der Waals surface area contributed by atoms with Crippen LogP contribution in [0.3, 0.4) is 0 Å². The molecule has 3 saturated heterocycles. The first-order valence-corrected chi connectivity index (χ1v) is 15.7. The Labute approximate surface area is 247 Å². The lowest BCUT2D eigenvalue weighted by atomic mass is 9.56. The van der Waals surface area contributed by atoms with Crippen molar-refractivity contribution in [3.63, 3.8) is 0 Å². The van der Waals surface area contributed by atoms with Crippen molar-refractivity contribution < 1.29 is 4.79 Å². The summed E-state index contributed by atoms with van der Waals surface area (Å²) in [5, 5.41) is 20.0. The van der Waals surface area contributed by atoms with Crippen LogP contribution in [0.5, 0.6) is 0 Å². The van der Waals surface area contributed by atoms with Crippen molar-refractivity contribution in [2.45, 2.75) is 64.0 Å². The van der Waals surface area contributed by atoms with E-state index in [0.29, 0.717) is 5.92 Å². The van der Waals surface area contributed by atoms with Gasteiger partial charge in [-0.1, -0.05) is 18.2 Å². The Morgan fingerprint density at radius 1 is 1.02 bits per heavy atom. The number of hydrogen-bond donors (Lipinski definition) is 1. The quantitative estimate of drug-likeness (QED) is 0.397. The zero-order valence-corrected chi connectivity index (χ0v) is 24.4. The molecule has 2 aliphatic carbocycles. The van der Waals surface area contributed by atoms with Crippen LogP contribution < -0.4 is 0 Å². The third-order valence-corrected chi connectivity index (χ3v) is 11.2. The first kappa shape index (κ1) is 25.9. The van der Waals surface area contributed by atoms with Gasteiger partial charge in [0.15, 0.2) is 6.19 Å². The summed E-state index contributed by atoms with van der Waals surface area (Å²) in [4.78, 5) is 23.1. The van der Waals surface area contributed by atoms with Crippen molar-refractivity contribution in [3.05, 3.63) is 70.4 Å². The molecule has 1 aromatic heterocycles. The number of aromatic amines is 1. The summed E-state index contributed by atoms with van der Waals surface area (Å²) < 4.78 is 0. The Hall–Kier alpha value is -3.81. The second-order valence-electron chi connectivity index (χ2n) is 14.2. The van der Waals surface area contributed by atoms with Crippen LogP contribution in [-0.4, -0.2) is 58.3 Å². The van der Waals surface area contributed by atoms with Crippen LogP contribution in [0.4, 0.5) is 0 Å². The Morgan fingerprint density at radius 2 is 1.79 bits per heavy atom. The van der Waals surface area contributed by atoms with Crippen molar-refractivity contribution in [1.29, 1.82) is 10.5 Å². The van der Waals surface area contributed by atoms with Crippen molar-refractivity contribution in [2.75, 3.05) is 32.7 Å². The number of H-pyrrole nitrogens is 1. The van der Waals surface area contributed by atoms with E-state index in [2.05, 4.69) is 59.5 Å². The molecule has 3 aliphatic heterocycles. The summed E-state index contributed by atoms with van der Waals surface area (Å²) in [7, 11) is 0. The molecule has 2 saturated carbocycles. The van der Waals surface area contributed by atoms with Crippen molar-refractivity contribution in [1.82, 2.24) is 19.7 Å². The molecule has 0 radical (unpaired) electrons. The molecule has 1 amide bonds. The Kier molecular flexibility index (Phi) is 5.76. The van der Waals surface area contributed by atoms with Crippen molar-refractivity contribution in [2.24, 2.45) is 16.7 Å². The number of nitriles is 2. The lowest BCUT2D eigenvalue weighted by molar-refractivity contribution is -0.0746. The molecule has 0 bridgehead atoms. The first-order chi connectivity index (χ1) is 20.4. The highest BCUT2D eigenvalue weighted by atomic mass is 16.2. The predicted molar refractivity (Wildman–Crippen MR) is 160 cm³/mol. The summed E-state index contributed by atoms with van der Waals surface area (Å²) in [6.45, 7) is 7.23. The number of fused-ring (bicyclic) bond motifs is 1. The fourth-order valence-corrected chi connectivity index (χ4v) is 8.75. The van der Waals surface area contributed by atoms with Gasteiger partial charge in [-0.3, -0.25) is 9.69 Å². The third-order valence-electron chi connectivity index (χ3n) is 11.2. The fraction of sp³-hybridized carbons (Fsp3) is 0.514. The van der Waals surface area contributed by atoms with Gasteiger partial charge < -0.3 is 14.8 Å². The highest BCUT2D eigenvalue weighted by Crippen LogP contribution is 2.57.